The van der Waals surface area contributed by atoms with Crippen molar-refractivity contribution in [2.24, 2.45) is 16.8 Å². The highest BCUT2D eigenvalue weighted by molar-refractivity contribution is 6.53. The Morgan fingerprint density at radius 3 is 2.88 bits per heavy atom. The summed E-state index contributed by atoms with van der Waals surface area (Å²) in [5, 5.41) is 3.88. The Morgan fingerprint density at radius 2 is 2.12 bits per heavy atom. The quantitative estimate of drug-likeness (QED) is 0.409. The maximum Gasteiger partial charge on any atom is 0.282 e. The lowest BCUT2D eigenvalue weighted by atomic mass is 10.1. The third kappa shape index (κ3) is 4.20. The van der Waals surface area contributed by atoms with Crippen LogP contribution in [0.1, 0.15) is 37.2 Å². The number of pyridine rings is 1. The number of nitrogens with two attached hydrogens (primary N) is 1. The highest BCUT2D eigenvalue weighted by Gasteiger charge is 2.36. The van der Waals surface area contributed by atoms with Gasteiger partial charge in [-0.1, -0.05) is 25.1 Å². The molecule has 168 valence electrons. The molecule has 2 aromatic heterocycles. The minimum Gasteiger partial charge on any atom is -0.392 e. The summed E-state index contributed by atoms with van der Waals surface area (Å²) in [4.78, 5) is 28.9. The van der Waals surface area contributed by atoms with E-state index in [-0.39, 0.29) is 24.8 Å². The molecule has 3 aromatic rings. The normalized spacial score (nSPS) is 14.7. The minimum absolute atomic E-state index is 0.122. The van der Waals surface area contributed by atoms with E-state index < -0.39 is 6.67 Å². The van der Waals surface area contributed by atoms with Crippen molar-refractivity contribution < 1.29 is 14.0 Å². The molecule has 8 nitrogen and oxygen atoms in total. The zero-order valence-electron chi connectivity index (χ0n) is 18.3. The Balaban J connectivity index is 1.72. The molecule has 1 amide bonds. The molecule has 0 saturated heterocycles. The molecule has 0 saturated carbocycles. The summed E-state index contributed by atoms with van der Waals surface area (Å²) in [5.41, 5.74) is 9.35. The second kappa shape index (κ2) is 9.44. The van der Waals surface area contributed by atoms with E-state index in [1.54, 1.807) is 23.2 Å². The van der Waals surface area contributed by atoms with Crippen molar-refractivity contribution in [2.75, 3.05) is 18.2 Å². The number of carbonyl (C=O) groups is 1. The fourth-order valence-electron chi connectivity index (χ4n) is 3.77. The van der Waals surface area contributed by atoms with E-state index in [0.717, 1.165) is 35.4 Å². The van der Waals surface area contributed by atoms with E-state index in [9.17, 15) is 9.18 Å². The zero-order valence-corrected chi connectivity index (χ0v) is 18.3. The molecule has 9 heteroatoms. The average Bonchev–Trinajstić information content (AvgIpc) is 3.27. The van der Waals surface area contributed by atoms with Gasteiger partial charge >= 0.3 is 0 Å². The first-order chi connectivity index (χ1) is 15.5. The highest BCUT2D eigenvalue weighted by Crippen LogP contribution is 2.29. The number of rotatable bonds is 9. The van der Waals surface area contributed by atoms with Crippen LogP contribution < -0.4 is 10.6 Å². The highest BCUT2D eigenvalue weighted by atomic mass is 19.1. The topological polar surface area (TPSA) is 98.6 Å². The Hall–Kier alpha value is -3.33. The Bertz CT molecular complexity index is 1160. The Kier molecular flexibility index (Phi) is 6.45. The van der Waals surface area contributed by atoms with Gasteiger partial charge in [0.25, 0.3) is 5.91 Å². The summed E-state index contributed by atoms with van der Waals surface area (Å²) in [7, 11) is 0. The fraction of sp³-hybridized carbons (Fsp3) is 0.391. The van der Waals surface area contributed by atoms with Crippen LogP contribution in [0, 0.1) is 5.92 Å². The summed E-state index contributed by atoms with van der Waals surface area (Å²) in [6, 6.07) is 9.51. The van der Waals surface area contributed by atoms with Gasteiger partial charge < -0.3 is 15.1 Å². The molecule has 0 spiro atoms. The number of imidazole rings is 1. The number of oxime groups is 1. The van der Waals surface area contributed by atoms with E-state index in [1.807, 2.05) is 18.2 Å². The summed E-state index contributed by atoms with van der Waals surface area (Å²) < 4.78 is 14.6. The molecule has 0 bridgehead atoms. The second-order valence-corrected chi connectivity index (χ2v) is 8.12. The number of halogens is 1. The van der Waals surface area contributed by atoms with Crippen LogP contribution in [0.15, 0.2) is 41.7 Å². The van der Waals surface area contributed by atoms with Crippen LogP contribution in [0.25, 0.3) is 11.0 Å². The standard InChI is InChI=1S/C23H27FN6O2/c1-15(2)7-10-29-19-6-5-16(13-25)12-18(19)27-20(29)14-30-22-17(4-3-9-26-22)21(23(30)31)28-32-11-8-24/h3-6,9,12,15H,7-8,10-11,13-14,25H2,1-2H3/b28-21+. The first-order valence-electron chi connectivity index (χ1n) is 10.7. The minimum atomic E-state index is -0.681. The predicted octanol–water partition coefficient (Wildman–Crippen LogP) is 3.17. The summed E-state index contributed by atoms with van der Waals surface area (Å²) >= 11 is 0. The number of alkyl halides is 1. The number of hydrogen-bond acceptors (Lipinski definition) is 6. The van der Waals surface area contributed by atoms with Gasteiger partial charge in [0.05, 0.1) is 23.1 Å². The smallest absolute Gasteiger partial charge is 0.282 e. The number of carbonyl (C=O) groups excluding carboxylic acids is 1. The van der Waals surface area contributed by atoms with Crippen molar-refractivity contribution in [3.8, 4) is 0 Å². The van der Waals surface area contributed by atoms with E-state index in [2.05, 4.69) is 28.6 Å². The molecule has 0 fully saturated rings. The van der Waals surface area contributed by atoms with E-state index in [1.165, 1.54) is 0 Å². The molecule has 0 unspecified atom stereocenters. The second-order valence-electron chi connectivity index (χ2n) is 8.12. The van der Waals surface area contributed by atoms with Crippen LogP contribution in [0.2, 0.25) is 0 Å². The molecular weight excluding hydrogens is 411 g/mol. The third-order valence-corrected chi connectivity index (χ3v) is 5.43. The molecule has 0 atom stereocenters. The molecule has 1 aliphatic rings. The van der Waals surface area contributed by atoms with Crippen molar-refractivity contribution in [2.45, 2.75) is 39.9 Å². The lowest BCUT2D eigenvalue weighted by Gasteiger charge is -2.17. The number of aromatic nitrogens is 3. The lowest BCUT2D eigenvalue weighted by Crippen LogP contribution is -2.31. The molecule has 1 aromatic carbocycles. The molecule has 0 radical (unpaired) electrons. The van der Waals surface area contributed by atoms with E-state index in [4.69, 9.17) is 15.6 Å². The molecule has 32 heavy (non-hydrogen) atoms. The summed E-state index contributed by atoms with van der Waals surface area (Å²) in [5.74, 6) is 1.42. The van der Waals surface area contributed by atoms with Crippen LogP contribution in [-0.2, 0) is 29.3 Å². The van der Waals surface area contributed by atoms with Gasteiger partial charge in [-0.3, -0.25) is 9.69 Å². The van der Waals surface area contributed by atoms with Gasteiger partial charge in [0, 0.05) is 19.3 Å². The molecule has 2 N–H and O–H groups in total. The van der Waals surface area contributed by atoms with E-state index >= 15 is 0 Å². The number of hydrogen-bond donors (Lipinski definition) is 1. The van der Waals surface area contributed by atoms with Gasteiger partial charge in [-0.2, -0.15) is 0 Å². The number of fused-ring (bicyclic) bond motifs is 2. The van der Waals surface area contributed by atoms with Crippen LogP contribution in [0.3, 0.4) is 0 Å². The van der Waals surface area contributed by atoms with Gasteiger partial charge in [-0.15, -0.1) is 0 Å². The Labute approximate surface area is 185 Å². The zero-order chi connectivity index (χ0) is 22.7. The monoisotopic (exact) mass is 438 g/mol. The largest absolute Gasteiger partial charge is 0.392 e. The SMILES string of the molecule is CC(C)CCn1c(CN2C(=O)/C(=N/OCCF)c3cccnc32)nc2cc(CN)ccc21. The van der Waals surface area contributed by atoms with E-state index in [0.29, 0.717) is 23.8 Å². The number of benzene rings is 1. The fourth-order valence-corrected chi connectivity index (χ4v) is 3.77. The van der Waals surface area contributed by atoms with Crippen LogP contribution in [-0.4, -0.2) is 39.4 Å². The summed E-state index contributed by atoms with van der Waals surface area (Å²) in [6.45, 7) is 4.91. The van der Waals surface area contributed by atoms with Gasteiger partial charge in [0.1, 0.15) is 24.9 Å². The van der Waals surface area contributed by atoms with Crippen molar-refractivity contribution in [3.63, 3.8) is 0 Å². The van der Waals surface area contributed by atoms with Crippen LogP contribution in [0.4, 0.5) is 10.2 Å². The van der Waals surface area contributed by atoms with Gasteiger partial charge in [0.2, 0.25) is 0 Å². The number of anilines is 1. The molecule has 3 heterocycles. The van der Waals surface area contributed by atoms with Crippen LogP contribution in [0.5, 0.6) is 0 Å². The number of amides is 1. The van der Waals surface area contributed by atoms with Crippen molar-refractivity contribution >= 4 is 28.5 Å². The summed E-state index contributed by atoms with van der Waals surface area (Å²) in [6.07, 6.45) is 2.60. The number of nitrogens with zero attached hydrogens (tertiary/aromatic N) is 5. The first kappa shape index (κ1) is 21.9. The Morgan fingerprint density at radius 1 is 1.28 bits per heavy atom. The maximum absolute atomic E-state index is 13.2. The lowest BCUT2D eigenvalue weighted by molar-refractivity contribution is -0.112. The van der Waals surface area contributed by atoms with Crippen LogP contribution >= 0.6 is 0 Å². The predicted molar refractivity (Wildman–Crippen MR) is 121 cm³/mol. The molecule has 4 rings (SSSR count). The molecule has 0 aliphatic carbocycles. The van der Waals surface area contributed by atoms with Gasteiger partial charge in [-0.25, -0.2) is 14.4 Å². The molecular formula is C23H27FN6O2. The third-order valence-electron chi connectivity index (χ3n) is 5.43. The average molecular weight is 439 g/mol. The van der Waals surface area contributed by atoms with Crippen molar-refractivity contribution in [3.05, 3.63) is 53.5 Å². The number of aryl methyl sites for hydroxylation is 1. The van der Waals surface area contributed by atoms with Crippen molar-refractivity contribution in [1.29, 1.82) is 0 Å². The van der Waals surface area contributed by atoms with Gasteiger partial charge in [0.15, 0.2) is 5.71 Å². The first-order valence-corrected chi connectivity index (χ1v) is 10.7. The molecule has 1 aliphatic heterocycles. The van der Waals surface area contributed by atoms with Gasteiger partial charge in [-0.05, 0) is 42.2 Å². The van der Waals surface area contributed by atoms with Crippen molar-refractivity contribution in [1.82, 2.24) is 14.5 Å². The maximum atomic E-state index is 13.2.